The number of benzene rings is 1. The van der Waals surface area contributed by atoms with E-state index < -0.39 is 0 Å². The number of amides is 2. The quantitative estimate of drug-likeness (QED) is 0.826. The normalized spacial score (nSPS) is 15.3. The van der Waals surface area contributed by atoms with Gasteiger partial charge in [0.2, 0.25) is 5.91 Å². The van der Waals surface area contributed by atoms with E-state index in [9.17, 15) is 9.59 Å². The number of carbonyl (C=O) groups is 2. The molecule has 2 rings (SSSR count). The lowest BCUT2D eigenvalue weighted by atomic mass is 9.98. The molecule has 0 atom stereocenters. The first-order chi connectivity index (χ1) is 12.0. The van der Waals surface area contributed by atoms with E-state index in [1.165, 1.54) is 0 Å². The summed E-state index contributed by atoms with van der Waals surface area (Å²) < 4.78 is 5.53. The number of hydrogen-bond acceptors (Lipinski definition) is 3. The zero-order valence-corrected chi connectivity index (χ0v) is 15.6. The monoisotopic (exact) mass is 346 g/mol. The highest BCUT2D eigenvalue weighted by Gasteiger charge is 2.27. The Morgan fingerprint density at radius 1 is 1.24 bits per heavy atom. The predicted molar refractivity (Wildman–Crippen MR) is 98.5 cm³/mol. The lowest BCUT2D eigenvalue weighted by Crippen LogP contribution is -2.48. The third-order valence-electron chi connectivity index (χ3n) is 4.87. The Hall–Kier alpha value is -2.04. The van der Waals surface area contributed by atoms with Crippen LogP contribution in [0.3, 0.4) is 0 Å². The second-order valence-corrected chi connectivity index (χ2v) is 6.79. The number of hydrogen-bond donors (Lipinski definition) is 1. The van der Waals surface area contributed by atoms with E-state index in [1.807, 2.05) is 36.1 Å². The minimum atomic E-state index is -0.105. The standard InChI is InChI=1S/C20H30N2O3/c1-4-16(5-2)20(24)22-11-9-17(10-12-22)21-19(23)14-25-18-8-6-7-15(3)13-18/h6-8,13,16-17H,4-5,9-12,14H2,1-3H3,(H,21,23). The molecule has 0 bridgehead atoms. The van der Waals surface area contributed by atoms with Crippen LogP contribution in [0.4, 0.5) is 0 Å². The van der Waals surface area contributed by atoms with Crippen molar-refractivity contribution >= 4 is 11.8 Å². The second kappa shape index (κ2) is 9.44. The summed E-state index contributed by atoms with van der Waals surface area (Å²) in [4.78, 5) is 26.4. The van der Waals surface area contributed by atoms with Crippen molar-refractivity contribution in [1.82, 2.24) is 10.2 Å². The molecule has 1 N–H and O–H groups in total. The van der Waals surface area contributed by atoms with Crippen molar-refractivity contribution in [1.29, 1.82) is 0 Å². The molecule has 0 unspecified atom stereocenters. The highest BCUT2D eigenvalue weighted by molar-refractivity contribution is 5.79. The molecule has 1 aromatic carbocycles. The SMILES string of the molecule is CCC(CC)C(=O)N1CCC(NC(=O)COc2cccc(C)c2)CC1. The fraction of sp³-hybridized carbons (Fsp3) is 0.600. The summed E-state index contributed by atoms with van der Waals surface area (Å²) in [5.74, 6) is 0.999. The summed E-state index contributed by atoms with van der Waals surface area (Å²) in [7, 11) is 0. The number of aryl methyl sites for hydroxylation is 1. The average Bonchev–Trinajstić information content (AvgIpc) is 2.61. The lowest BCUT2D eigenvalue weighted by Gasteiger charge is -2.34. The molecule has 0 saturated carbocycles. The predicted octanol–water partition coefficient (Wildman–Crippen LogP) is 2.92. The third-order valence-corrected chi connectivity index (χ3v) is 4.87. The molecule has 5 heteroatoms. The molecule has 5 nitrogen and oxygen atoms in total. The first-order valence-corrected chi connectivity index (χ1v) is 9.31. The number of nitrogens with one attached hydrogen (secondary N) is 1. The largest absolute Gasteiger partial charge is 0.484 e. The molecule has 25 heavy (non-hydrogen) atoms. The Balaban J connectivity index is 1.72. The van der Waals surface area contributed by atoms with Crippen LogP contribution in [0.2, 0.25) is 0 Å². The van der Waals surface area contributed by atoms with Crippen LogP contribution >= 0.6 is 0 Å². The van der Waals surface area contributed by atoms with E-state index in [4.69, 9.17) is 4.74 Å². The number of nitrogens with zero attached hydrogens (tertiary/aromatic N) is 1. The molecule has 1 fully saturated rings. The summed E-state index contributed by atoms with van der Waals surface area (Å²) in [5, 5.41) is 3.02. The highest BCUT2D eigenvalue weighted by atomic mass is 16.5. The average molecular weight is 346 g/mol. The van der Waals surface area contributed by atoms with Crippen LogP contribution in [-0.2, 0) is 9.59 Å². The van der Waals surface area contributed by atoms with Gasteiger partial charge in [-0.2, -0.15) is 0 Å². The van der Waals surface area contributed by atoms with Crippen molar-refractivity contribution < 1.29 is 14.3 Å². The van der Waals surface area contributed by atoms with Crippen LogP contribution in [0, 0.1) is 12.8 Å². The molecule has 1 aliphatic heterocycles. The number of ether oxygens (including phenoxy) is 1. The van der Waals surface area contributed by atoms with E-state index in [2.05, 4.69) is 19.2 Å². The molecule has 0 aliphatic carbocycles. The van der Waals surface area contributed by atoms with Crippen molar-refractivity contribution in [2.24, 2.45) is 5.92 Å². The topological polar surface area (TPSA) is 58.6 Å². The van der Waals surface area contributed by atoms with Gasteiger partial charge in [-0.3, -0.25) is 9.59 Å². The molecule has 1 saturated heterocycles. The maximum absolute atomic E-state index is 12.4. The van der Waals surface area contributed by atoms with Crippen molar-refractivity contribution in [3.8, 4) is 5.75 Å². The van der Waals surface area contributed by atoms with Crippen LogP contribution in [0.5, 0.6) is 5.75 Å². The third kappa shape index (κ3) is 5.76. The minimum Gasteiger partial charge on any atom is -0.484 e. The fourth-order valence-corrected chi connectivity index (χ4v) is 3.26. The van der Waals surface area contributed by atoms with Gasteiger partial charge in [0.05, 0.1) is 0 Å². The Morgan fingerprint density at radius 2 is 1.92 bits per heavy atom. The Bertz CT molecular complexity index is 576. The van der Waals surface area contributed by atoms with Gasteiger partial charge in [0, 0.05) is 25.0 Å². The van der Waals surface area contributed by atoms with E-state index in [0.29, 0.717) is 5.75 Å². The molecule has 1 aliphatic rings. The van der Waals surface area contributed by atoms with Gasteiger partial charge in [0.15, 0.2) is 6.61 Å². The first kappa shape index (κ1) is 19.3. The van der Waals surface area contributed by atoms with Crippen LogP contribution in [0.15, 0.2) is 24.3 Å². The molecule has 0 spiro atoms. The van der Waals surface area contributed by atoms with Gasteiger partial charge >= 0.3 is 0 Å². The Kier molecular flexibility index (Phi) is 7.29. The molecule has 0 aromatic heterocycles. The van der Waals surface area contributed by atoms with Gasteiger partial charge in [-0.15, -0.1) is 0 Å². The number of rotatable bonds is 7. The molecular weight excluding hydrogens is 316 g/mol. The van der Waals surface area contributed by atoms with E-state index in [1.54, 1.807) is 0 Å². The zero-order chi connectivity index (χ0) is 18.2. The van der Waals surface area contributed by atoms with Gasteiger partial charge in [-0.1, -0.05) is 26.0 Å². The van der Waals surface area contributed by atoms with Gasteiger partial charge in [-0.05, 0) is 50.3 Å². The Labute approximate surface area is 150 Å². The van der Waals surface area contributed by atoms with Gasteiger partial charge in [0.1, 0.15) is 5.75 Å². The van der Waals surface area contributed by atoms with E-state index in [-0.39, 0.29) is 30.4 Å². The highest BCUT2D eigenvalue weighted by Crippen LogP contribution is 2.17. The number of piperidine rings is 1. The van der Waals surface area contributed by atoms with Crippen molar-refractivity contribution in [3.63, 3.8) is 0 Å². The first-order valence-electron chi connectivity index (χ1n) is 9.31. The van der Waals surface area contributed by atoms with Gasteiger partial charge < -0.3 is 15.0 Å². The van der Waals surface area contributed by atoms with Crippen LogP contribution in [-0.4, -0.2) is 42.5 Å². The van der Waals surface area contributed by atoms with Crippen molar-refractivity contribution in [2.45, 2.75) is 52.5 Å². The van der Waals surface area contributed by atoms with Crippen LogP contribution < -0.4 is 10.1 Å². The molecular formula is C20H30N2O3. The van der Waals surface area contributed by atoms with Gasteiger partial charge in [-0.25, -0.2) is 0 Å². The van der Waals surface area contributed by atoms with Crippen molar-refractivity contribution in [2.75, 3.05) is 19.7 Å². The number of likely N-dealkylation sites (tertiary alicyclic amines) is 1. The van der Waals surface area contributed by atoms with Crippen LogP contribution in [0.1, 0.15) is 45.1 Å². The maximum Gasteiger partial charge on any atom is 0.258 e. The smallest absolute Gasteiger partial charge is 0.258 e. The molecule has 138 valence electrons. The lowest BCUT2D eigenvalue weighted by molar-refractivity contribution is -0.137. The van der Waals surface area contributed by atoms with E-state index in [0.717, 1.165) is 44.3 Å². The second-order valence-electron chi connectivity index (χ2n) is 6.79. The molecule has 2 amide bonds. The molecule has 1 heterocycles. The summed E-state index contributed by atoms with van der Waals surface area (Å²) in [6.07, 6.45) is 3.40. The summed E-state index contributed by atoms with van der Waals surface area (Å²) in [6.45, 7) is 7.58. The summed E-state index contributed by atoms with van der Waals surface area (Å²) in [5.41, 5.74) is 1.10. The Morgan fingerprint density at radius 3 is 2.52 bits per heavy atom. The number of carbonyl (C=O) groups excluding carboxylic acids is 2. The van der Waals surface area contributed by atoms with Gasteiger partial charge in [0.25, 0.3) is 5.91 Å². The zero-order valence-electron chi connectivity index (χ0n) is 15.6. The van der Waals surface area contributed by atoms with Crippen LogP contribution in [0.25, 0.3) is 0 Å². The fourth-order valence-electron chi connectivity index (χ4n) is 3.26. The molecule has 1 aromatic rings. The summed E-state index contributed by atoms with van der Waals surface area (Å²) in [6, 6.07) is 7.79. The van der Waals surface area contributed by atoms with E-state index >= 15 is 0 Å². The molecule has 0 radical (unpaired) electrons. The maximum atomic E-state index is 12.4. The van der Waals surface area contributed by atoms with Crippen molar-refractivity contribution in [3.05, 3.63) is 29.8 Å². The summed E-state index contributed by atoms with van der Waals surface area (Å²) >= 11 is 0. The minimum absolute atomic E-state index is 0.0241.